The summed E-state index contributed by atoms with van der Waals surface area (Å²) in [6.07, 6.45) is 0.765. The summed E-state index contributed by atoms with van der Waals surface area (Å²) in [5.41, 5.74) is 2.11. The summed E-state index contributed by atoms with van der Waals surface area (Å²) in [7, 11) is 3.31. The van der Waals surface area contributed by atoms with Crippen LogP contribution in [0.5, 0.6) is 11.5 Å². The molecule has 112 valence electrons. The standard InChI is InChI=1S/C16H15Br2ClO2/c1-20-15-9-13(18)16(21-2)8-11(15)12(17)7-10-5-3-4-6-14(10)19/h3-6,8-9,12H,7H2,1-2H3. The quantitative estimate of drug-likeness (QED) is 0.554. The second-order valence-electron chi connectivity index (χ2n) is 4.49. The van der Waals surface area contributed by atoms with Gasteiger partial charge in [-0.2, -0.15) is 0 Å². The molecule has 2 nitrogen and oxygen atoms in total. The van der Waals surface area contributed by atoms with Crippen LogP contribution in [0.1, 0.15) is 16.0 Å². The monoisotopic (exact) mass is 432 g/mol. The Morgan fingerprint density at radius 3 is 2.38 bits per heavy atom. The van der Waals surface area contributed by atoms with Crippen LogP contribution in [0.2, 0.25) is 5.02 Å². The lowest BCUT2D eigenvalue weighted by Gasteiger charge is -2.17. The normalized spacial score (nSPS) is 12.0. The molecular weight excluding hydrogens is 419 g/mol. The molecule has 0 aliphatic heterocycles. The molecule has 21 heavy (non-hydrogen) atoms. The van der Waals surface area contributed by atoms with Gasteiger partial charge in [0.2, 0.25) is 0 Å². The van der Waals surface area contributed by atoms with E-state index in [0.29, 0.717) is 0 Å². The molecule has 0 aliphatic rings. The first-order valence-corrected chi connectivity index (χ1v) is 8.44. The van der Waals surface area contributed by atoms with Crippen molar-refractivity contribution in [2.45, 2.75) is 11.2 Å². The Kier molecular flexibility index (Phi) is 5.97. The van der Waals surface area contributed by atoms with Crippen molar-refractivity contribution in [1.82, 2.24) is 0 Å². The van der Waals surface area contributed by atoms with Gasteiger partial charge < -0.3 is 9.47 Å². The molecular formula is C16H15Br2ClO2. The Morgan fingerprint density at radius 1 is 1.10 bits per heavy atom. The van der Waals surface area contributed by atoms with E-state index >= 15 is 0 Å². The minimum atomic E-state index is 0.0781. The van der Waals surface area contributed by atoms with Gasteiger partial charge in [-0.3, -0.25) is 0 Å². The Labute approximate surface area is 146 Å². The van der Waals surface area contributed by atoms with Crippen molar-refractivity contribution < 1.29 is 9.47 Å². The van der Waals surface area contributed by atoms with E-state index in [2.05, 4.69) is 31.9 Å². The van der Waals surface area contributed by atoms with Crippen LogP contribution in [0, 0.1) is 0 Å². The lowest BCUT2D eigenvalue weighted by atomic mass is 10.0. The molecule has 0 amide bonds. The first kappa shape index (κ1) is 16.7. The van der Waals surface area contributed by atoms with Crippen LogP contribution in [0.3, 0.4) is 0 Å². The Bertz CT molecular complexity index is 632. The fourth-order valence-corrected chi connectivity index (χ4v) is 3.50. The fourth-order valence-electron chi connectivity index (χ4n) is 2.10. The predicted molar refractivity (Wildman–Crippen MR) is 94.1 cm³/mol. The van der Waals surface area contributed by atoms with Crippen LogP contribution in [0.15, 0.2) is 40.9 Å². The number of benzene rings is 2. The van der Waals surface area contributed by atoms with Gasteiger partial charge in [-0.05, 0) is 46.1 Å². The molecule has 2 aromatic carbocycles. The molecule has 0 saturated heterocycles. The molecule has 0 N–H and O–H groups in total. The third kappa shape index (κ3) is 3.93. The first-order valence-electron chi connectivity index (χ1n) is 6.35. The van der Waals surface area contributed by atoms with Crippen LogP contribution in [-0.2, 0) is 6.42 Å². The van der Waals surface area contributed by atoms with Gasteiger partial charge in [0.1, 0.15) is 11.5 Å². The third-order valence-corrected chi connectivity index (χ3v) is 5.00. The van der Waals surface area contributed by atoms with Crippen molar-refractivity contribution in [3.05, 3.63) is 57.0 Å². The maximum absolute atomic E-state index is 6.23. The predicted octanol–water partition coefficient (Wildman–Crippen LogP) is 5.80. The van der Waals surface area contributed by atoms with E-state index in [0.717, 1.165) is 38.5 Å². The molecule has 0 saturated carbocycles. The molecule has 0 heterocycles. The number of rotatable bonds is 5. The zero-order valence-electron chi connectivity index (χ0n) is 11.7. The Hall–Kier alpha value is -0.710. The summed E-state index contributed by atoms with van der Waals surface area (Å²) in [4.78, 5) is 0.0781. The van der Waals surface area contributed by atoms with Crippen molar-refractivity contribution in [1.29, 1.82) is 0 Å². The molecule has 0 bridgehead atoms. The number of alkyl halides is 1. The number of ether oxygens (including phenoxy) is 2. The largest absolute Gasteiger partial charge is 0.496 e. The average Bonchev–Trinajstić information content (AvgIpc) is 2.49. The second-order valence-corrected chi connectivity index (χ2v) is 6.86. The maximum Gasteiger partial charge on any atom is 0.133 e. The van der Waals surface area contributed by atoms with Gasteiger partial charge in [0, 0.05) is 15.4 Å². The number of methoxy groups -OCH3 is 2. The average molecular weight is 435 g/mol. The number of halogens is 3. The number of hydrogen-bond donors (Lipinski definition) is 0. The zero-order chi connectivity index (χ0) is 15.4. The molecule has 1 unspecified atom stereocenters. The van der Waals surface area contributed by atoms with E-state index in [1.165, 1.54) is 0 Å². The highest BCUT2D eigenvalue weighted by Gasteiger charge is 2.18. The van der Waals surface area contributed by atoms with Gasteiger partial charge in [0.05, 0.1) is 18.7 Å². The van der Waals surface area contributed by atoms with Crippen molar-refractivity contribution in [2.24, 2.45) is 0 Å². The van der Waals surface area contributed by atoms with Crippen molar-refractivity contribution in [3.8, 4) is 11.5 Å². The minimum Gasteiger partial charge on any atom is -0.496 e. The van der Waals surface area contributed by atoms with E-state index in [-0.39, 0.29) is 4.83 Å². The van der Waals surface area contributed by atoms with E-state index < -0.39 is 0 Å². The fraction of sp³-hybridized carbons (Fsp3) is 0.250. The Balaban J connectivity index is 2.34. The summed E-state index contributed by atoms with van der Waals surface area (Å²) in [6.45, 7) is 0. The van der Waals surface area contributed by atoms with Crippen LogP contribution < -0.4 is 9.47 Å². The highest BCUT2D eigenvalue weighted by molar-refractivity contribution is 9.10. The zero-order valence-corrected chi connectivity index (χ0v) is 15.6. The number of hydrogen-bond acceptors (Lipinski definition) is 2. The van der Waals surface area contributed by atoms with Crippen LogP contribution in [0.25, 0.3) is 0 Å². The van der Waals surface area contributed by atoms with E-state index in [9.17, 15) is 0 Å². The molecule has 1 atom stereocenters. The van der Waals surface area contributed by atoms with E-state index in [1.54, 1.807) is 14.2 Å². The van der Waals surface area contributed by atoms with Crippen LogP contribution >= 0.6 is 43.5 Å². The van der Waals surface area contributed by atoms with Gasteiger partial charge in [0.15, 0.2) is 0 Å². The molecule has 2 rings (SSSR count). The van der Waals surface area contributed by atoms with Gasteiger partial charge in [-0.25, -0.2) is 0 Å². The Morgan fingerprint density at radius 2 is 1.76 bits per heavy atom. The summed E-state index contributed by atoms with van der Waals surface area (Å²) < 4.78 is 11.7. The van der Waals surface area contributed by atoms with Crippen molar-refractivity contribution in [3.63, 3.8) is 0 Å². The highest BCUT2D eigenvalue weighted by atomic mass is 79.9. The van der Waals surface area contributed by atoms with Gasteiger partial charge in [0.25, 0.3) is 0 Å². The molecule has 0 spiro atoms. The van der Waals surface area contributed by atoms with Crippen molar-refractivity contribution >= 4 is 43.5 Å². The van der Waals surface area contributed by atoms with Gasteiger partial charge >= 0.3 is 0 Å². The molecule has 5 heteroatoms. The molecule has 2 aromatic rings. The lowest BCUT2D eigenvalue weighted by molar-refractivity contribution is 0.396. The van der Waals surface area contributed by atoms with Crippen LogP contribution in [-0.4, -0.2) is 14.2 Å². The first-order chi connectivity index (χ1) is 10.1. The molecule has 0 fully saturated rings. The topological polar surface area (TPSA) is 18.5 Å². The summed E-state index contributed by atoms with van der Waals surface area (Å²) in [5, 5.41) is 0.769. The summed E-state index contributed by atoms with van der Waals surface area (Å²) >= 11 is 13.4. The molecule has 0 radical (unpaired) electrons. The molecule has 0 aliphatic carbocycles. The van der Waals surface area contributed by atoms with E-state index in [1.807, 2.05) is 36.4 Å². The van der Waals surface area contributed by atoms with Gasteiger partial charge in [-0.15, -0.1) is 0 Å². The lowest BCUT2D eigenvalue weighted by Crippen LogP contribution is -2.01. The highest BCUT2D eigenvalue weighted by Crippen LogP contribution is 2.40. The smallest absolute Gasteiger partial charge is 0.133 e. The summed E-state index contributed by atoms with van der Waals surface area (Å²) in [6, 6.07) is 11.7. The third-order valence-electron chi connectivity index (χ3n) is 3.20. The molecule has 0 aromatic heterocycles. The SMILES string of the molecule is COc1cc(C(Br)Cc2ccccc2Cl)c(OC)cc1Br. The van der Waals surface area contributed by atoms with Gasteiger partial charge in [-0.1, -0.05) is 45.7 Å². The van der Waals surface area contributed by atoms with E-state index in [4.69, 9.17) is 21.1 Å². The van der Waals surface area contributed by atoms with Crippen molar-refractivity contribution in [2.75, 3.05) is 14.2 Å². The minimum absolute atomic E-state index is 0.0781. The maximum atomic E-state index is 6.23. The van der Waals surface area contributed by atoms with Crippen LogP contribution in [0.4, 0.5) is 0 Å². The summed E-state index contributed by atoms with van der Waals surface area (Å²) in [5.74, 6) is 1.58. The second kappa shape index (κ2) is 7.52.